The Morgan fingerprint density at radius 1 is 1.12 bits per heavy atom. The lowest BCUT2D eigenvalue weighted by atomic mass is 10.1. The molecule has 4 nitrogen and oxygen atoms in total. The number of likely N-dealkylation sites (tertiary alicyclic amines) is 1. The normalized spacial score (nSPS) is 16.8. The number of rotatable bonds is 6. The van der Waals surface area contributed by atoms with Gasteiger partial charge in [0.05, 0.1) is 5.92 Å². The van der Waals surface area contributed by atoms with Gasteiger partial charge in [0.15, 0.2) is 0 Å². The number of carbonyl (C=O) groups is 2. The van der Waals surface area contributed by atoms with Crippen molar-refractivity contribution in [3.05, 3.63) is 69.7 Å². The van der Waals surface area contributed by atoms with Crippen LogP contribution in [0.1, 0.15) is 17.5 Å². The second-order valence-corrected chi connectivity index (χ2v) is 7.27. The average molecular weight is 391 g/mol. The van der Waals surface area contributed by atoms with Gasteiger partial charge in [-0.2, -0.15) is 0 Å². The highest BCUT2D eigenvalue weighted by atomic mass is 35.5. The molecular formula is C20H20Cl2N2O2. The molecule has 0 spiro atoms. The van der Waals surface area contributed by atoms with Crippen molar-refractivity contribution in [3.8, 4) is 0 Å². The summed E-state index contributed by atoms with van der Waals surface area (Å²) in [5.41, 5.74) is 1.99. The first-order valence-electron chi connectivity index (χ1n) is 8.56. The smallest absolute Gasteiger partial charge is 0.225 e. The molecule has 0 bridgehead atoms. The van der Waals surface area contributed by atoms with E-state index < -0.39 is 0 Å². The van der Waals surface area contributed by atoms with Gasteiger partial charge in [-0.1, -0.05) is 53.5 Å². The second-order valence-electron chi connectivity index (χ2n) is 6.43. The summed E-state index contributed by atoms with van der Waals surface area (Å²) < 4.78 is 0. The van der Waals surface area contributed by atoms with Crippen molar-refractivity contribution >= 4 is 35.0 Å². The summed E-state index contributed by atoms with van der Waals surface area (Å²) in [6.07, 6.45) is 1.01. The molecule has 136 valence electrons. The molecule has 1 fully saturated rings. The summed E-state index contributed by atoms with van der Waals surface area (Å²) in [6, 6.07) is 15.0. The average Bonchev–Trinajstić information content (AvgIpc) is 3.01. The SMILES string of the molecule is O=C(NCc1ccccc1Cl)C1CC(=O)N(CCc2ccc(Cl)cc2)C1. The third-order valence-corrected chi connectivity index (χ3v) is 5.20. The molecule has 1 atom stereocenters. The third-order valence-electron chi connectivity index (χ3n) is 4.58. The largest absolute Gasteiger partial charge is 0.352 e. The lowest BCUT2D eigenvalue weighted by molar-refractivity contribution is -0.129. The van der Waals surface area contributed by atoms with E-state index in [-0.39, 0.29) is 24.2 Å². The van der Waals surface area contributed by atoms with Crippen molar-refractivity contribution < 1.29 is 9.59 Å². The van der Waals surface area contributed by atoms with Crippen molar-refractivity contribution in [2.45, 2.75) is 19.4 Å². The van der Waals surface area contributed by atoms with Crippen LogP contribution < -0.4 is 5.32 Å². The Kier molecular flexibility index (Phi) is 6.17. The summed E-state index contributed by atoms with van der Waals surface area (Å²) >= 11 is 12.0. The Morgan fingerprint density at radius 3 is 2.58 bits per heavy atom. The van der Waals surface area contributed by atoms with Crippen molar-refractivity contribution in [1.82, 2.24) is 10.2 Å². The molecule has 0 saturated carbocycles. The first-order valence-corrected chi connectivity index (χ1v) is 9.32. The van der Waals surface area contributed by atoms with E-state index in [9.17, 15) is 9.59 Å². The fourth-order valence-electron chi connectivity index (χ4n) is 3.05. The van der Waals surface area contributed by atoms with Gasteiger partial charge in [0.2, 0.25) is 11.8 Å². The number of hydrogen-bond donors (Lipinski definition) is 1. The van der Waals surface area contributed by atoms with Crippen LogP contribution in [0.5, 0.6) is 0 Å². The molecule has 0 radical (unpaired) electrons. The van der Waals surface area contributed by atoms with Crippen molar-refractivity contribution in [2.24, 2.45) is 5.92 Å². The number of halogens is 2. The molecular weight excluding hydrogens is 371 g/mol. The minimum atomic E-state index is -0.310. The molecule has 1 aliphatic heterocycles. The third kappa shape index (κ3) is 4.77. The van der Waals surface area contributed by atoms with E-state index in [1.54, 1.807) is 11.0 Å². The molecule has 0 aromatic heterocycles. The van der Waals surface area contributed by atoms with Crippen LogP contribution in [0.25, 0.3) is 0 Å². The molecule has 1 N–H and O–H groups in total. The summed E-state index contributed by atoms with van der Waals surface area (Å²) in [4.78, 5) is 26.3. The number of hydrogen-bond acceptors (Lipinski definition) is 2. The minimum Gasteiger partial charge on any atom is -0.352 e. The number of benzene rings is 2. The molecule has 2 aromatic carbocycles. The van der Waals surface area contributed by atoms with Gasteiger partial charge in [0.1, 0.15) is 0 Å². The zero-order valence-corrected chi connectivity index (χ0v) is 15.8. The van der Waals surface area contributed by atoms with E-state index in [4.69, 9.17) is 23.2 Å². The number of nitrogens with zero attached hydrogens (tertiary/aromatic N) is 1. The maximum atomic E-state index is 12.4. The lowest BCUT2D eigenvalue weighted by Crippen LogP contribution is -2.33. The first-order chi connectivity index (χ1) is 12.5. The van der Waals surface area contributed by atoms with Gasteiger partial charge >= 0.3 is 0 Å². The van der Waals surface area contributed by atoms with Gasteiger partial charge in [-0.3, -0.25) is 9.59 Å². The second kappa shape index (κ2) is 8.56. The zero-order chi connectivity index (χ0) is 18.5. The Morgan fingerprint density at radius 2 is 1.85 bits per heavy atom. The van der Waals surface area contributed by atoms with Gasteiger partial charge in [-0.05, 0) is 35.7 Å². The van der Waals surface area contributed by atoms with Crippen molar-refractivity contribution in [3.63, 3.8) is 0 Å². The van der Waals surface area contributed by atoms with E-state index in [2.05, 4.69) is 5.32 Å². The van der Waals surface area contributed by atoms with Crippen LogP contribution in [0.15, 0.2) is 48.5 Å². The fraction of sp³-hybridized carbons (Fsp3) is 0.300. The summed E-state index contributed by atoms with van der Waals surface area (Å²) in [5, 5.41) is 4.21. The number of carbonyl (C=O) groups excluding carboxylic acids is 2. The number of amides is 2. The molecule has 26 heavy (non-hydrogen) atoms. The lowest BCUT2D eigenvalue weighted by Gasteiger charge is -2.16. The van der Waals surface area contributed by atoms with E-state index >= 15 is 0 Å². The Hall–Kier alpha value is -2.04. The van der Waals surface area contributed by atoms with E-state index in [1.165, 1.54) is 0 Å². The minimum absolute atomic E-state index is 0.0249. The maximum absolute atomic E-state index is 12.4. The Bertz CT molecular complexity index is 793. The van der Waals surface area contributed by atoms with Gasteiger partial charge in [-0.25, -0.2) is 0 Å². The molecule has 2 aromatic rings. The van der Waals surface area contributed by atoms with Crippen LogP contribution in [0.3, 0.4) is 0 Å². The summed E-state index contributed by atoms with van der Waals surface area (Å²) in [6.45, 7) is 1.43. The molecule has 1 aliphatic rings. The molecule has 3 rings (SSSR count). The van der Waals surface area contributed by atoms with Gasteiger partial charge in [0.25, 0.3) is 0 Å². The monoisotopic (exact) mass is 390 g/mol. The highest BCUT2D eigenvalue weighted by Crippen LogP contribution is 2.20. The zero-order valence-electron chi connectivity index (χ0n) is 14.3. The Labute approximate surface area is 163 Å². The van der Waals surface area contributed by atoms with Crippen LogP contribution in [0, 0.1) is 5.92 Å². The van der Waals surface area contributed by atoms with Gasteiger partial charge in [0, 0.05) is 36.1 Å². The van der Waals surface area contributed by atoms with E-state index in [1.807, 2.05) is 42.5 Å². The molecule has 0 aliphatic carbocycles. The number of nitrogens with one attached hydrogen (secondary N) is 1. The van der Waals surface area contributed by atoms with Crippen molar-refractivity contribution in [1.29, 1.82) is 0 Å². The van der Waals surface area contributed by atoms with Crippen molar-refractivity contribution in [2.75, 3.05) is 13.1 Å². The predicted molar refractivity (Wildman–Crippen MR) is 103 cm³/mol. The van der Waals surface area contributed by atoms with Crippen LogP contribution in [0.2, 0.25) is 10.0 Å². The molecule has 1 saturated heterocycles. The van der Waals surface area contributed by atoms with Gasteiger partial charge < -0.3 is 10.2 Å². The highest BCUT2D eigenvalue weighted by Gasteiger charge is 2.33. The fourth-order valence-corrected chi connectivity index (χ4v) is 3.38. The predicted octanol–water partition coefficient (Wildman–Crippen LogP) is 3.70. The molecule has 2 amide bonds. The summed E-state index contributed by atoms with van der Waals surface area (Å²) in [7, 11) is 0. The highest BCUT2D eigenvalue weighted by molar-refractivity contribution is 6.31. The topological polar surface area (TPSA) is 49.4 Å². The van der Waals surface area contributed by atoms with Crippen LogP contribution in [0.4, 0.5) is 0 Å². The van der Waals surface area contributed by atoms with E-state index in [0.717, 1.165) is 17.5 Å². The standard InChI is InChI=1S/C20H20Cl2N2O2/c21-17-7-5-14(6-8-17)9-10-24-13-16(11-19(24)25)20(26)23-12-15-3-1-2-4-18(15)22/h1-8,16H,9-13H2,(H,23,26). The summed E-state index contributed by atoms with van der Waals surface area (Å²) in [5.74, 6) is -0.390. The van der Waals surface area contributed by atoms with Gasteiger partial charge in [-0.15, -0.1) is 0 Å². The van der Waals surface area contributed by atoms with Crippen LogP contribution in [-0.4, -0.2) is 29.8 Å². The van der Waals surface area contributed by atoms with Crippen LogP contribution >= 0.6 is 23.2 Å². The molecule has 1 heterocycles. The maximum Gasteiger partial charge on any atom is 0.225 e. The van der Waals surface area contributed by atoms with E-state index in [0.29, 0.717) is 29.7 Å². The molecule has 6 heteroatoms. The first kappa shape index (κ1) is 18.7. The Balaban J connectivity index is 1.49. The quantitative estimate of drug-likeness (QED) is 0.817. The van der Waals surface area contributed by atoms with Crippen LogP contribution in [-0.2, 0) is 22.6 Å². The molecule has 1 unspecified atom stereocenters.